The Morgan fingerprint density at radius 3 is 2.89 bits per heavy atom. The molecule has 0 bridgehead atoms. The standard InChI is InChI=1S/C20H29N7/c21-11-14-10-20(6-7-20)13-27(12-14)19-22-8-5-17(24-19)23-18-9-16(25-26-18)15-3-1-2-4-15/h5,8-9,14-15H,1-4,6-7,10-13,21H2,(H2,22,23,24,25,26). The fraction of sp³-hybridized carbons (Fsp3) is 0.650. The van der Waals surface area contributed by atoms with Gasteiger partial charge in [0, 0.05) is 37.0 Å². The first-order valence-corrected chi connectivity index (χ1v) is 10.3. The molecule has 27 heavy (non-hydrogen) atoms. The van der Waals surface area contributed by atoms with Crippen LogP contribution in [0.5, 0.6) is 0 Å². The predicted octanol–water partition coefficient (Wildman–Crippen LogP) is 3.17. The zero-order valence-electron chi connectivity index (χ0n) is 15.8. The molecule has 4 N–H and O–H groups in total. The molecule has 0 amide bonds. The van der Waals surface area contributed by atoms with Crippen molar-refractivity contribution >= 4 is 17.6 Å². The number of aromatic nitrogens is 4. The topological polar surface area (TPSA) is 95.8 Å². The van der Waals surface area contributed by atoms with Crippen LogP contribution in [0.1, 0.15) is 56.6 Å². The van der Waals surface area contributed by atoms with Crippen molar-refractivity contribution in [2.24, 2.45) is 17.1 Å². The highest BCUT2D eigenvalue weighted by Crippen LogP contribution is 2.53. The Morgan fingerprint density at radius 1 is 1.26 bits per heavy atom. The second-order valence-electron chi connectivity index (χ2n) is 8.74. The van der Waals surface area contributed by atoms with Crippen molar-refractivity contribution in [3.63, 3.8) is 0 Å². The van der Waals surface area contributed by atoms with Crippen LogP contribution in [0.25, 0.3) is 0 Å². The summed E-state index contributed by atoms with van der Waals surface area (Å²) in [6.45, 7) is 2.75. The smallest absolute Gasteiger partial charge is 0.227 e. The Labute approximate surface area is 160 Å². The molecule has 2 aromatic heterocycles. The number of rotatable bonds is 5. The van der Waals surface area contributed by atoms with E-state index in [0.717, 1.165) is 37.2 Å². The molecule has 7 nitrogen and oxygen atoms in total. The van der Waals surface area contributed by atoms with Gasteiger partial charge in [-0.15, -0.1) is 0 Å². The second-order valence-corrected chi connectivity index (χ2v) is 8.74. The zero-order valence-corrected chi connectivity index (χ0v) is 15.8. The van der Waals surface area contributed by atoms with Crippen molar-refractivity contribution in [1.29, 1.82) is 0 Å². The summed E-state index contributed by atoms with van der Waals surface area (Å²) in [5.41, 5.74) is 7.69. The number of nitrogens with one attached hydrogen (secondary N) is 2. The van der Waals surface area contributed by atoms with Crippen molar-refractivity contribution in [1.82, 2.24) is 20.2 Å². The first kappa shape index (κ1) is 17.0. The highest BCUT2D eigenvalue weighted by Gasteiger charge is 2.48. The molecule has 1 aliphatic heterocycles. The average Bonchev–Trinajstić information content (AvgIpc) is 3.09. The summed E-state index contributed by atoms with van der Waals surface area (Å²) in [5, 5.41) is 11.0. The summed E-state index contributed by atoms with van der Waals surface area (Å²) in [6, 6.07) is 4.03. The third-order valence-electron chi connectivity index (χ3n) is 6.59. The Balaban J connectivity index is 1.30. The van der Waals surface area contributed by atoms with E-state index in [1.807, 2.05) is 12.3 Å². The van der Waals surface area contributed by atoms with E-state index in [1.54, 1.807) is 0 Å². The molecule has 2 aliphatic carbocycles. The van der Waals surface area contributed by atoms with Gasteiger partial charge in [-0.25, -0.2) is 4.98 Å². The van der Waals surface area contributed by atoms with Crippen LogP contribution in [-0.4, -0.2) is 39.8 Å². The number of aromatic amines is 1. The highest BCUT2D eigenvalue weighted by molar-refractivity contribution is 5.53. The number of piperidine rings is 1. The van der Waals surface area contributed by atoms with Crippen molar-refractivity contribution in [2.75, 3.05) is 29.9 Å². The molecule has 3 fully saturated rings. The molecular formula is C20H29N7. The minimum Gasteiger partial charge on any atom is -0.340 e. The van der Waals surface area contributed by atoms with Crippen molar-refractivity contribution in [2.45, 2.75) is 50.9 Å². The van der Waals surface area contributed by atoms with Gasteiger partial charge >= 0.3 is 0 Å². The molecular weight excluding hydrogens is 338 g/mol. The Morgan fingerprint density at radius 2 is 2.11 bits per heavy atom. The third kappa shape index (κ3) is 3.52. The maximum Gasteiger partial charge on any atom is 0.227 e. The van der Waals surface area contributed by atoms with E-state index in [4.69, 9.17) is 10.7 Å². The van der Waals surface area contributed by atoms with Crippen LogP contribution < -0.4 is 16.0 Å². The summed E-state index contributed by atoms with van der Waals surface area (Å²) >= 11 is 0. The summed E-state index contributed by atoms with van der Waals surface area (Å²) in [4.78, 5) is 11.6. The molecule has 2 saturated carbocycles. The number of nitrogens with zero attached hydrogens (tertiary/aromatic N) is 4. The van der Waals surface area contributed by atoms with Gasteiger partial charge < -0.3 is 16.0 Å². The SMILES string of the molecule is NCC1CN(c2nccc(Nc3cc(C4CCCC4)[nH]n3)n2)CC2(CC2)C1. The van der Waals surface area contributed by atoms with E-state index in [-0.39, 0.29) is 0 Å². The summed E-state index contributed by atoms with van der Waals surface area (Å²) < 4.78 is 0. The Kier molecular flexibility index (Phi) is 4.27. The molecule has 0 radical (unpaired) electrons. The highest BCUT2D eigenvalue weighted by atomic mass is 15.3. The van der Waals surface area contributed by atoms with Crippen LogP contribution in [0.15, 0.2) is 18.3 Å². The van der Waals surface area contributed by atoms with Gasteiger partial charge in [0.1, 0.15) is 5.82 Å². The molecule has 7 heteroatoms. The predicted molar refractivity (Wildman–Crippen MR) is 106 cm³/mol. The fourth-order valence-electron chi connectivity index (χ4n) is 4.92. The Bertz CT molecular complexity index is 791. The van der Waals surface area contributed by atoms with Crippen LogP contribution in [0.2, 0.25) is 0 Å². The summed E-state index contributed by atoms with van der Waals surface area (Å²) in [7, 11) is 0. The van der Waals surface area contributed by atoms with Crippen molar-refractivity contribution in [3.8, 4) is 0 Å². The number of hydrogen-bond acceptors (Lipinski definition) is 6. The van der Waals surface area contributed by atoms with E-state index in [2.05, 4.69) is 31.5 Å². The molecule has 0 aromatic carbocycles. The molecule has 2 aromatic rings. The number of anilines is 3. The lowest BCUT2D eigenvalue weighted by Crippen LogP contribution is -2.44. The Hall–Kier alpha value is -2.15. The first-order chi connectivity index (χ1) is 13.2. The van der Waals surface area contributed by atoms with E-state index >= 15 is 0 Å². The van der Waals surface area contributed by atoms with Crippen LogP contribution in [0.3, 0.4) is 0 Å². The van der Waals surface area contributed by atoms with E-state index in [9.17, 15) is 0 Å². The quantitative estimate of drug-likeness (QED) is 0.751. The van der Waals surface area contributed by atoms with Crippen molar-refractivity contribution in [3.05, 3.63) is 24.0 Å². The maximum atomic E-state index is 5.99. The normalized spacial score (nSPS) is 24.5. The van der Waals surface area contributed by atoms with Crippen LogP contribution >= 0.6 is 0 Å². The van der Waals surface area contributed by atoms with Crippen LogP contribution in [-0.2, 0) is 0 Å². The van der Waals surface area contributed by atoms with Gasteiger partial charge in [-0.3, -0.25) is 5.10 Å². The fourth-order valence-corrected chi connectivity index (χ4v) is 4.92. The van der Waals surface area contributed by atoms with Crippen LogP contribution in [0, 0.1) is 11.3 Å². The molecule has 3 heterocycles. The van der Waals surface area contributed by atoms with Gasteiger partial charge in [-0.05, 0) is 56.0 Å². The lowest BCUT2D eigenvalue weighted by atomic mass is 9.87. The molecule has 1 atom stereocenters. The molecule has 1 saturated heterocycles. The van der Waals surface area contributed by atoms with Gasteiger partial charge in [-0.2, -0.15) is 10.1 Å². The van der Waals surface area contributed by atoms with Gasteiger partial charge in [-0.1, -0.05) is 12.8 Å². The maximum absolute atomic E-state index is 5.99. The first-order valence-electron chi connectivity index (χ1n) is 10.3. The van der Waals surface area contributed by atoms with E-state index in [1.165, 1.54) is 50.6 Å². The lowest BCUT2D eigenvalue weighted by molar-refractivity contribution is 0.302. The lowest BCUT2D eigenvalue weighted by Gasteiger charge is -2.38. The largest absolute Gasteiger partial charge is 0.340 e. The molecule has 144 valence electrons. The minimum atomic E-state index is 0.466. The van der Waals surface area contributed by atoms with E-state index < -0.39 is 0 Å². The van der Waals surface area contributed by atoms with Crippen molar-refractivity contribution < 1.29 is 0 Å². The second kappa shape index (κ2) is 6.78. The van der Waals surface area contributed by atoms with E-state index in [0.29, 0.717) is 17.3 Å². The monoisotopic (exact) mass is 367 g/mol. The minimum absolute atomic E-state index is 0.466. The summed E-state index contributed by atoms with van der Waals surface area (Å²) in [5.74, 6) is 3.60. The third-order valence-corrected chi connectivity index (χ3v) is 6.59. The van der Waals surface area contributed by atoms with Gasteiger partial charge in [0.15, 0.2) is 5.82 Å². The van der Waals surface area contributed by atoms with Gasteiger partial charge in [0.05, 0.1) is 0 Å². The number of H-pyrrole nitrogens is 1. The molecule has 1 spiro atoms. The molecule has 1 unspecified atom stereocenters. The number of hydrogen-bond donors (Lipinski definition) is 3. The summed E-state index contributed by atoms with van der Waals surface area (Å²) in [6.07, 6.45) is 10.9. The zero-order chi connectivity index (χ0) is 18.3. The average molecular weight is 368 g/mol. The molecule has 5 rings (SSSR count). The van der Waals surface area contributed by atoms with Crippen LogP contribution in [0.4, 0.5) is 17.6 Å². The van der Waals surface area contributed by atoms with Gasteiger partial charge in [0.25, 0.3) is 0 Å². The molecule has 3 aliphatic rings. The number of nitrogens with two attached hydrogens (primary N) is 1. The van der Waals surface area contributed by atoms with Gasteiger partial charge in [0.2, 0.25) is 5.95 Å².